The number of aromatic nitrogens is 2. The first-order valence-electron chi connectivity index (χ1n) is 4.87. The van der Waals surface area contributed by atoms with Gasteiger partial charge in [0.05, 0.1) is 12.6 Å². The summed E-state index contributed by atoms with van der Waals surface area (Å²) in [6.45, 7) is 4.55. The Kier molecular flexibility index (Phi) is 3.85. The number of ether oxygens (including phenoxy) is 1. The zero-order valence-corrected chi connectivity index (χ0v) is 9.69. The van der Waals surface area contributed by atoms with E-state index in [0.29, 0.717) is 18.2 Å². The summed E-state index contributed by atoms with van der Waals surface area (Å²) in [5, 5.41) is 0. The fourth-order valence-electron chi connectivity index (χ4n) is 1.33. The van der Waals surface area contributed by atoms with Crippen LogP contribution < -0.4 is 10.6 Å². The lowest BCUT2D eigenvalue weighted by Crippen LogP contribution is -2.33. The molecule has 5 heteroatoms. The Hall–Kier alpha value is -1.36. The first-order valence-corrected chi connectivity index (χ1v) is 4.87. The number of nitrogens with two attached hydrogens (primary N) is 1. The smallest absolute Gasteiger partial charge is 0.134 e. The third-order valence-corrected chi connectivity index (χ3v) is 2.27. The second-order valence-electron chi connectivity index (χ2n) is 3.61. The molecule has 5 nitrogen and oxygen atoms in total. The normalized spacial score (nSPS) is 12.5. The molecule has 2 N–H and O–H groups in total. The molecule has 0 aliphatic carbocycles. The zero-order chi connectivity index (χ0) is 11.4. The van der Waals surface area contributed by atoms with Gasteiger partial charge < -0.3 is 15.4 Å². The fourth-order valence-corrected chi connectivity index (χ4v) is 1.33. The first kappa shape index (κ1) is 11.7. The van der Waals surface area contributed by atoms with Crippen molar-refractivity contribution >= 4 is 11.6 Å². The molecule has 0 aliphatic heterocycles. The van der Waals surface area contributed by atoms with Crippen LogP contribution in [0.15, 0.2) is 6.07 Å². The molecular weight excluding hydrogens is 192 g/mol. The van der Waals surface area contributed by atoms with E-state index < -0.39 is 0 Å². The molecule has 1 unspecified atom stereocenters. The second kappa shape index (κ2) is 4.93. The van der Waals surface area contributed by atoms with Crippen molar-refractivity contribution in [3.63, 3.8) is 0 Å². The van der Waals surface area contributed by atoms with Crippen molar-refractivity contribution < 1.29 is 4.74 Å². The van der Waals surface area contributed by atoms with Crippen molar-refractivity contribution in [1.29, 1.82) is 0 Å². The van der Waals surface area contributed by atoms with Gasteiger partial charge in [-0.2, -0.15) is 0 Å². The summed E-state index contributed by atoms with van der Waals surface area (Å²) in [6.07, 6.45) is 0. The van der Waals surface area contributed by atoms with Gasteiger partial charge in [0.2, 0.25) is 0 Å². The highest BCUT2D eigenvalue weighted by Crippen LogP contribution is 2.14. The van der Waals surface area contributed by atoms with Crippen molar-refractivity contribution in [2.24, 2.45) is 0 Å². The molecule has 1 rings (SSSR count). The van der Waals surface area contributed by atoms with E-state index >= 15 is 0 Å². The van der Waals surface area contributed by atoms with Crippen LogP contribution >= 0.6 is 0 Å². The second-order valence-corrected chi connectivity index (χ2v) is 3.61. The van der Waals surface area contributed by atoms with Crippen LogP contribution in [0.25, 0.3) is 0 Å². The van der Waals surface area contributed by atoms with E-state index in [0.717, 1.165) is 5.82 Å². The molecule has 1 aromatic rings. The molecule has 1 heterocycles. The van der Waals surface area contributed by atoms with Gasteiger partial charge in [-0.15, -0.1) is 0 Å². The topological polar surface area (TPSA) is 64.3 Å². The predicted molar refractivity (Wildman–Crippen MR) is 60.9 cm³/mol. The number of rotatable bonds is 4. The Labute approximate surface area is 90.3 Å². The molecule has 0 saturated heterocycles. The number of methoxy groups -OCH3 is 1. The summed E-state index contributed by atoms with van der Waals surface area (Å²) in [5.41, 5.74) is 5.66. The van der Waals surface area contributed by atoms with Crippen LogP contribution in [0, 0.1) is 6.92 Å². The highest BCUT2D eigenvalue weighted by molar-refractivity contribution is 5.46. The summed E-state index contributed by atoms with van der Waals surface area (Å²) in [6, 6.07) is 2.02. The van der Waals surface area contributed by atoms with Gasteiger partial charge >= 0.3 is 0 Å². The lowest BCUT2D eigenvalue weighted by molar-refractivity contribution is 0.183. The molecule has 0 bridgehead atoms. The molecule has 1 aromatic heterocycles. The highest BCUT2D eigenvalue weighted by atomic mass is 16.5. The quantitative estimate of drug-likeness (QED) is 0.797. The van der Waals surface area contributed by atoms with E-state index in [-0.39, 0.29) is 6.04 Å². The number of hydrogen-bond donors (Lipinski definition) is 1. The third kappa shape index (κ3) is 3.06. The van der Waals surface area contributed by atoms with Crippen molar-refractivity contribution in [2.75, 3.05) is 31.4 Å². The van der Waals surface area contributed by atoms with Crippen LogP contribution in [-0.4, -0.2) is 36.8 Å². The van der Waals surface area contributed by atoms with E-state index in [1.54, 1.807) is 13.2 Å². The highest BCUT2D eigenvalue weighted by Gasteiger charge is 2.11. The van der Waals surface area contributed by atoms with Gasteiger partial charge in [-0.05, 0) is 13.8 Å². The van der Waals surface area contributed by atoms with Gasteiger partial charge in [-0.3, -0.25) is 0 Å². The summed E-state index contributed by atoms with van der Waals surface area (Å²) < 4.78 is 5.09. The zero-order valence-electron chi connectivity index (χ0n) is 9.69. The largest absolute Gasteiger partial charge is 0.384 e. The number of hydrogen-bond acceptors (Lipinski definition) is 5. The molecular formula is C10H18N4O. The van der Waals surface area contributed by atoms with Crippen LogP contribution in [0.2, 0.25) is 0 Å². The Morgan fingerprint density at radius 2 is 2.20 bits per heavy atom. The van der Waals surface area contributed by atoms with Gasteiger partial charge in [-0.25, -0.2) is 9.97 Å². The Morgan fingerprint density at radius 1 is 1.53 bits per heavy atom. The van der Waals surface area contributed by atoms with Crippen molar-refractivity contribution in [2.45, 2.75) is 19.9 Å². The molecule has 0 aliphatic rings. The molecule has 1 atom stereocenters. The monoisotopic (exact) mass is 210 g/mol. The third-order valence-electron chi connectivity index (χ3n) is 2.27. The predicted octanol–water partition coefficient (Wildman–Crippen LogP) is 0.838. The van der Waals surface area contributed by atoms with Crippen LogP contribution in [0.5, 0.6) is 0 Å². The summed E-state index contributed by atoms with van der Waals surface area (Å²) >= 11 is 0. The van der Waals surface area contributed by atoms with Gasteiger partial charge in [0.15, 0.2) is 0 Å². The van der Waals surface area contributed by atoms with E-state index in [4.69, 9.17) is 10.5 Å². The maximum absolute atomic E-state index is 5.66. The van der Waals surface area contributed by atoms with Crippen molar-refractivity contribution in [1.82, 2.24) is 9.97 Å². The number of likely N-dealkylation sites (N-methyl/N-ethyl adjacent to an activating group) is 1. The lowest BCUT2D eigenvalue weighted by atomic mass is 10.3. The number of nitrogen functional groups attached to an aromatic ring is 1. The lowest BCUT2D eigenvalue weighted by Gasteiger charge is -2.25. The van der Waals surface area contributed by atoms with Gasteiger partial charge in [0.25, 0.3) is 0 Å². The minimum absolute atomic E-state index is 0.253. The molecule has 0 fully saturated rings. The summed E-state index contributed by atoms with van der Waals surface area (Å²) in [4.78, 5) is 10.4. The molecule has 0 amide bonds. The summed E-state index contributed by atoms with van der Waals surface area (Å²) in [5.74, 6) is 2.00. The van der Waals surface area contributed by atoms with Gasteiger partial charge in [0, 0.05) is 20.2 Å². The minimum atomic E-state index is 0.253. The first-order chi connectivity index (χ1) is 7.04. The number of anilines is 2. The summed E-state index contributed by atoms with van der Waals surface area (Å²) in [7, 11) is 3.65. The van der Waals surface area contributed by atoms with Crippen molar-refractivity contribution in [3.8, 4) is 0 Å². The van der Waals surface area contributed by atoms with E-state index in [1.165, 1.54) is 0 Å². The fraction of sp³-hybridized carbons (Fsp3) is 0.600. The molecule has 0 radical (unpaired) electrons. The van der Waals surface area contributed by atoms with Crippen molar-refractivity contribution in [3.05, 3.63) is 11.9 Å². The Morgan fingerprint density at radius 3 is 2.73 bits per heavy atom. The van der Waals surface area contributed by atoms with Gasteiger partial charge in [0.1, 0.15) is 17.5 Å². The average Bonchev–Trinajstić information content (AvgIpc) is 2.15. The number of aryl methyl sites for hydroxylation is 1. The maximum atomic E-state index is 5.66. The van der Waals surface area contributed by atoms with E-state index in [2.05, 4.69) is 16.9 Å². The Balaban J connectivity index is 2.85. The van der Waals surface area contributed by atoms with Crippen LogP contribution in [-0.2, 0) is 4.74 Å². The molecule has 15 heavy (non-hydrogen) atoms. The van der Waals surface area contributed by atoms with E-state index in [9.17, 15) is 0 Å². The minimum Gasteiger partial charge on any atom is -0.384 e. The van der Waals surface area contributed by atoms with Crippen LogP contribution in [0.4, 0.5) is 11.6 Å². The van der Waals surface area contributed by atoms with Crippen LogP contribution in [0.3, 0.4) is 0 Å². The van der Waals surface area contributed by atoms with Gasteiger partial charge in [-0.1, -0.05) is 0 Å². The van der Waals surface area contributed by atoms with Crippen LogP contribution in [0.1, 0.15) is 12.7 Å². The maximum Gasteiger partial charge on any atom is 0.134 e. The Bertz CT molecular complexity index is 309. The molecule has 0 saturated carbocycles. The molecule has 84 valence electrons. The SMILES string of the molecule is COCC(C)N(C)c1cc(N)nc(C)n1. The molecule has 0 spiro atoms. The average molecular weight is 210 g/mol. The van der Waals surface area contributed by atoms with E-state index in [1.807, 2.05) is 18.9 Å². The molecule has 0 aromatic carbocycles. The number of nitrogens with zero attached hydrogens (tertiary/aromatic N) is 3. The standard InChI is InChI=1S/C10H18N4O/c1-7(6-15-4)14(3)10-5-9(11)12-8(2)13-10/h5,7H,6H2,1-4H3,(H2,11,12,13).